The molecule has 1 aromatic rings. The van der Waals surface area contributed by atoms with Gasteiger partial charge in [0, 0.05) is 23.6 Å². The summed E-state index contributed by atoms with van der Waals surface area (Å²) in [7, 11) is 1.71. The zero-order valence-electron chi connectivity index (χ0n) is 12.3. The van der Waals surface area contributed by atoms with Gasteiger partial charge in [0.2, 0.25) is 0 Å². The number of rotatable bonds is 7. The van der Waals surface area contributed by atoms with E-state index in [1.54, 1.807) is 7.11 Å². The van der Waals surface area contributed by atoms with Crippen LogP contribution in [0.3, 0.4) is 0 Å². The second-order valence-corrected chi connectivity index (χ2v) is 5.78. The Hall–Kier alpha value is -0.770. The molecule has 3 nitrogen and oxygen atoms in total. The molecule has 2 rings (SSSR count). The van der Waals surface area contributed by atoms with Gasteiger partial charge in [0.25, 0.3) is 0 Å². The zero-order valence-corrected chi connectivity index (χ0v) is 13.1. The first-order valence-electron chi connectivity index (χ1n) is 7.38. The van der Waals surface area contributed by atoms with Crippen LogP contribution in [0.15, 0.2) is 18.2 Å². The van der Waals surface area contributed by atoms with Crippen LogP contribution < -0.4 is 10.1 Å². The van der Waals surface area contributed by atoms with Crippen molar-refractivity contribution in [2.24, 2.45) is 5.92 Å². The lowest BCUT2D eigenvalue weighted by molar-refractivity contribution is 0.176. The maximum atomic E-state index is 6.12. The summed E-state index contributed by atoms with van der Waals surface area (Å²) >= 11 is 6.12. The summed E-state index contributed by atoms with van der Waals surface area (Å²) in [5, 5.41) is 4.41. The first-order chi connectivity index (χ1) is 9.74. The number of methoxy groups -OCH3 is 1. The summed E-state index contributed by atoms with van der Waals surface area (Å²) < 4.78 is 11.0. The Morgan fingerprint density at radius 2 is 2.35 bits per heavy atom. The average Bonchev–Trinajstić information content (AvgIpc) is 2.97. The van der Waals surface area contributed by atoms with Gasteiger partial charge >= 0.3 is 0 Å². The van der Waals surface area contributed by atoms with Crippen LogP contribution >= 0.6 is 11.6 Å². The van der Waals surface area contributed by atoms with Crippen LogP contribution in [0.2, 0.25) is 5.02 Å². The van der Waals surface area contributed by atoms with E-state index in [4.69, 9.17) is 21.1 Å². The van der Waals surface area contributed by atoms with Gasteiger partial charge in [0.15, 0.2) is 0 Å². The molecule has 0 bridgehead atoms. The van der Waals surface area contributed by atoms with E-state index in [0.717, 1.165) is 49.8 Å². The largest absolute Gasteiger partial charge is 0.496 e. The van der Waals surface area contributed by atoms with E-state index in [2.05, 4.69) is 12.2 Å². The van der Waals surface area contributed by atoms with Crippen LogP contribution in [-0.2, 0) is 11.2 Å². The van der Waals surface area contributed by atoms with Gasteiger partial charge in [-0.2, -0.15) is 0 Å². The molecule has 0 saturated carbocycles. The van der Waals surface area contributed by atoms with Crippen LogP contribution in [-0.4, -0.2) is 32.9 Å². The fourth-order valence-electron chi connectivity index (χ4n) is 2.75. The Bertz CT molecular complexity index is 419. The Labute approximate surface area is 126 Å². The van der Waals surface area contributed by atoms with E-state index < -0.39 is 0 Å². The van der Waals surface area contributed by atoms with Gasteiger partial charge in [-0.25, -0.2) is 0 Å². The second kappa shape index (κ2) is 7.87. The minimum Gasteiger partial charge on any atom is -0.496 e. The number of hydrogen-bond donors (Lipinski definition) is 1. The van der Waals surface area contributed by atoms with Crippen molar-refractivity contribution in [3.05, 3.63) is 28.8 Å². The summed E-state index contributed by atoms with van der Waals surface area (Å²) in [6, 6.07) is 6.25. The minimum atomic E-state index is 0.421. The molecule has 0 spiro atoms. The molecule has 1 aromatic carbocycles. The van der Waals surface area contributed by atoms with Gasteiger partial charge in [-0.05, 0) is 49.6 Å². The van der Waals surface area contributed by atoms with Crippen LogP contribution in [0.5, 0.6) is 5.75 Å². The van der Waals surface area contributed by atoms with Crippen LogP contribution in [0.4, 0.5) is 0 Å². The first kappa shape index (κ1) is 15.6. The highest BCUT2D eigenvalue weighted by Crippen LogP contribution is 2.27. The van der Waals surface area contributed by atoms with E-state index in [1.807, 2.05) is 18.2 Å². The van der Waals surface area contributed by atoms with Gasteiger partial charge in [-0.15, -0.1) is 0 Å². The minimum absolute atomic E-state index is 0.421. The Morgan fingerprint density at radius 1 is 1.50 bits per heavy atom. The van der Waals surface area contributed by atoms with E-state index in [9.17, 15) is 0 Å². The predicted molar refractivity (Wildman–Crippen MR) is 82.7 cm³/mol. The van der Waals surface area contributed by atoms with Gasteiger partial charge in [0.1, 0.15) is 5.75 Å². The van der Waals surface area contributed by atoms with Crippen molar-refractivity contribution in [2.45, 2.75) is 32.2 Å². The molecule has 112 valence electrons. The number of nitrogens with one attached hydrogen (secondary N) is 1. The molecule has 1 aliphatic heterocycles. The van der Waals surface area contributed by atoms with Crippen LogP contribution in [0.1, 0.15) is 25.3 Å². The van der Waals surface area contributed by atoms with Gasteiger partial charge in [-0.3, -0.25) is 0 Å². The lowest BCUT2D eigenvalue weighted by Gasteiger charge is -2.24. The van der Waals surface area contributed by atoms with E-state index in [0.29, 0.717) is 12.0 Å². The zero-order chi connectivity index (χ0) is 14.4. The molecular weight excluding hydrogens is 274 g/mol. The van der Waals surface area contributed by atoms with Gasteiger partial charge < -0.3 is 14.8 Å². The maximum absolute atomic E-state index is 6.12. The molecule has 4 heteroatoms. The van der Waals surface area contributed by atoms with Crippen molar-refractivity contribution < 1.29 is 9.47 Å². The fraction of sp³-hybridized carbons (Fsp3) is 0.625. The summed E-state index contributed by atoms with van der Waals surface area (Å²) in [5.41, 5.74) is 1.17. The van der Waals surface area contributed by atoms with Crippen molar-refractivity contribution in [1.29, 1.82) is 0 Å². The molecule has 0 amide bonds. The molecule has 1 heterocycles. The van der Waals surface area contributed by atoms with E-state index >= 15 is 0 Å². The SMILES string of the molecule is CCCNC(Cc1cc(Cl)ccc1OC)C1CCOC1. The Balaban J connectivity index is 2.11. The third kappa shape index (κ3) is 4.11. The monoisotopic (exact) mass is 297 g/mol. The lowest BCUT2D eigenvalue weighted by atomic mass is 9.92. The number of ether oxygens (including phenoxy) is 2. The number of halogens is 1. The highest BCUT2D eigenvalue weighted by molar-refractivity contribution is 6.30. The Kier molecular flexibility index (Phi) is 6.14. The summed E-state index contributed by atoms with van der Waals surface area (Å²) in [5.74, 6) is 1.49. The molecule has 0 aromatic heterocycles. The normalized spacial score (nSPS) is 20.1. The molecule has 1 fully saturated rings. The van der Waals surface area contributed by atoms with E-state index in [-0.39, 0.29) is 0 Å². The maximum Gasteiger partial charge on any atom is 0.122 e. The van der Waals surface area contributed by atoms with Gasteiger partial charge in [0.05, 0.1) is 13.7 Å². The molecule has 1 saturated heterocycles. The highest BCUT2D eigenvalue weighted by atomic mass is 35.5. The quantitative estimate of drug-likeness (QED) is 0.838. The first-order valence-corrected chi connectivity index (χ1v) is 7.76. The third-order valence-electron chi connectivity index (χ3n) is 3.87. The van der Waals surface area contributed by atoms with E-state index in [1.165, 1.54) is 5.56 Å². The van der Waals surface area contributed by atoms with Gasteiger partial charge in [-0.1, -0.05) is 18.5 Å². The fourth-order valence-corrected chi connectivity index (χ4v) is 2.94. The van der Waals surface area contributed by atoms with Crippen molar-refractivity contribution in [1.82, 2.24) is 5.32 Å². The van der Waals surface area contributed by atoms with Crippen molar-refractivity contribution in [3.63, 3.8) is 0 Å². The number of benzene rings is 1. The molecule has 2 atom stereocenters. The standard InChI is InChI=1S/C16H24ClNO2/c1-3-7-18-15(12-6-8-20-11-12)10-13-9-14(17)4-5-16(13)19-2/h4-5,9,12,15,18H,3,6-8,10-11H2,1-2H3. The lowest BCUT2D eigenvalue weighted by Crippen LogP contribution is -2.39. The highest BCUT2D eigenvalue weighted by Gasteiger charge is 2.26. The molecule has 1 N–H and O–H groups in total. The molecule has 20 heavy (non-hydrogen) atoms. The molecule has 2 unspecified atom stereocenters. The molecular formula is C16H24ClNO2. The summed E-state index contributed by atoms with van der Waals surface area (Å²) in [6.45, 7) is 4.95. The number of hydrogen-bond acceptors (Lipinski definition) is 3. The summed E-state index contributed by atoms with van der Waals surface area (Å²) in [6.07, 6.45) is 3.19. The summed E-state index contributed by atoms with van der Waals surface area (Å²) in [4.78, 5) is 0. The predicted octanol–water partition coefficient (Wildman–Crippen LogP) is 3.30. The molecule has 1 aliphatic rings. The molecule has 0 aliphatic carbocycles. The smallest absolute Gasteiger partial charge is 0.122 e. The average molecular weight is 298 g/mol. The van der Waals surface area contributed by atoms with Crippen LogP contribution in [0.25, 0.3) is 0 Å². The van der Waals surface area contributed by atoms with Crippen molar-refractivity contribution >= 4 is 11.6 Å². The van der Waals surface area contributed by atoms with Crippen molar-refractivity contribution in [2.75, 3.05) is 26.9 Å². The Morgan fingerprint density at radius 3 is 3.00 bits per heavy atom. The van der Waals surface area contributed by atoms with Crippen LogP contribution in [0, 0.1) is 5.92 Å². The molecule has 0 radical (unpaired) electrons. The third-order valence-corrected chi connectivity index (χ3v) is 4.11. The topological polar surface area (TPSA) is 30.5 Å². The second-order valence-electron chi connectivity index (χ2n) is 5.34. The van der Waals surface area contributed by atoms with Crippen molar-refractivity contribution in [3.8, 4) is 5.75 Å².